The van der Waals surface area contributed by atoms with Crippen LogP contribution in [-0.4, -0.2) is 18.0 Å². The van der Waals surface area contributed by atoms with Crippen LogP contribution in [0.1, 0.15) is 23.6 Å². The maximum absolute atomic E-state index is 6.45. The van der Waals surface area contributed by atoms with E-state index >= 15 is 0 Å². The van der Waals surface area contributed by atoms with E-state index in [0.717, 1.165) is 31.8 Å². The van der Waals surface area contributed by atoms with Crippen LogP contribution in [0.3, 0.4) is 0 Å². The zero-order valence-electron chi connectivity index (χ0n) is 11.8. The molecule has 0 amide bonds. The van der Waals surface area contributed by atoms with Gasteiger partial charge in [-0.25, -0.2) is 0 Å². The molecular weight excluding hydrogens is 246 g/mol. The minimum absolute atomic E-state index is 0.186. The first-order valence-electron chi connectivity index (χ1n) is 7.38. The number of hydrogen-bond acceptors (Lipinski definition) is 2. The van der Waals surface area contributed by atoms with E-state index in [1.807, 2.05) is 0 Å². The standard InChI is InChI=1S/C18H19NO/c1-2-19-12-15-8-3-5-9-16(15)18(13-19)11-14-7-4-6-10-17(14)20-18/h3-10H,2,11-13H2,1H3. The lowest BCUT2D eigenvalue weighted by atomic mass is 9.82. The second kappa shape index (κ2) is 4.35. The van der Waals surface area contributed by atoms with E-state index < -0.39 is 0 Å². The van der Waals surface area contributed by atoms with Crippen molar-refractivity contribution in [3.8, 4) is 5.75 Å². The molecule has 0 saturated carbocycles. The highest BCUT2D eigenvalue weighted by atomic mass is 16.5. The van der Waals surface area contributed by atoms with Gasteiger partial charge in [-0.2, -0.15) is 0 Å². The number of ether oxygens (including phenoxy) is 1. The van der Waals surface area contributed by atoms with E-state index in [-0.39, 0.29) is 5.60 Å². The number of para-hydroxylation sites is 1. The highest BCUT2D eigenvalue weighted by molar-refractivity contribution is 5.46. The Morgan fingerprint density at radius 1 is 1.05 bits per heavy atom. The minimum atomic E-state index is -0.186. The summed E-state index contributed by atoms with van der Waals surface area (Å²) in [7, 11) is 0. The number of rotatable bonds is 1. The van der Waals surface area contributed by atoms with Crippen LogP contribution in [0.4, 0.5) is 0 Å². The molecule has 1 atom stereocenters. The number of nitrogens with zero attached hydrogens (tertiary/aromatic N) is 1. The topological polar surface area (TPSA) is 12.5 Å². The third kappa shape index (κ3) is 1.68. The lowest BCUT2D eigenvalue weighted by Gasteiger charge is -2.41. The molecule has 2 aliphatic rings. The van der Waals surface area contributed by atoms with Crippen molar-refractivity contribution in [3.63, 3.8) is 0 Å². The molecule has 2 aliphatic heterocycles. The van der Waals surface area contributed by atoms with Crippen LogP contribution in [0.5, 0.6) is 5.75 Å². The van der Waals surface area contributed by atoms with Crippen LogP contribution in [0.15, 0.2) is 48.5 Å². The van der Waals surface area contributed by atoms with Crippen LogP contribution < -0.4 is 4.74 Å². The van der Waals surface area contributed by atoms with Gasteiger partial charge in [-0.05, 0) is 23.7 Å². The van der Waals surface area contributed by atoms with Crippen LogP contribution in [0.25, 0.3) is 0 Å². The van der Waals surface area contributed by atoms with Gasteiger partial charge in [-0.15, -0.1) is 0 Å². The maximum Gasteiger partial charge on any atom is 0.151 e. The zero-order valence-corrected chi connectivity index (χ0v) is 11.8. The monoisotopic (exact) mass is 265 g/mol. The van der Waals surface area contributed by atoms with Crippen LogP contribution >= 0.6 is 0 Å². The summed E-state index contributed by atoms with van der Waals surface area (Å²) < 4.78 is 6.45. The Kier molecular flexibility index (Phi) is 2.61. The minimum Gasteiger partial charge on any atom is -0.481 e. The van der Waals surface area contributed by atoms with Crippen molar-refractivity contribution in [2.75, 3.05) is 13.1 Å². The van der Waals surface area contributed by atoms with Gasteiger partial charge in [0.15, 0.2) is 5.60 Å². The van der Waals surface area contributed by atoms with Gasteiger partial charge >= 0.3 is 0 Å². The number of likely N-dealkylation sites (N-methyl/N-ethyl adjacent to an activating group) is 1. The Morgan fingerprint density at radius 2 is 1.80 bits per heavy atom. The molecule has 2 heteroatoms. The van der Waals surface area contributed by atoms with Crippen molar-refractivity contribution in [1.82, 2.24) is 4.90 Å². The van der Waals surface area contributed by atoms with E-state index in [1.165, 1.54) is 16.7 Å². The first kappa shape index (κ1) is 12.0. The number of fused-ring (bicyclic) bond motifs is 3. The van der Waals surface area contributed by atoms with E-state index in [2.05, 4.69) is 60.4 Å². The third-order valence-corrected chi connectivity index (χ3v) is 4.58. The molecule has 0 fully saturated rings. The zero-order chi connectivity index (χ0) is 13.6. The van der Waals surface area contributed by atoms with Gasteiger partial charge in [0.2, 0.25) is 0 Å². The van der Waals surface area contributed by atoms with E-state index in [9.17, 15) is 0 Å². The van der Waals surface area contributed by atoms with Gasteiger partial charge in [-0.3, -0.25) is 4.90 Å². The number of hydrogen-bond donors (Lipinski definition) is 0. The fourth-order valence-electron chi connectivity index (χ4n) is 3.61. The van der Waals surface area contributed by atoms with Gasteiger partial charge in [-0.1, -0.05) is 49.4 Å². The SMILES string of the molecule is CCN1Cc2ccccc2C2(Cc3ccccc3O2)C1. The van der Waals surface area contributed by atoms with Crippen LogP contribution in [0, 0.1) is 0 Å². The summed E-state index contributed by atoms with van der Waals surface area (Å²) in [5, 5.41) is 0. The Morgan fingerprint density at radius 3 is 2.60 bits per heavy atom. The van der Waals surface area contributed by atoms with E-state index in [0.29, 0.717) is 0 Å². The smallest absolute Gasteiger partial charge is 0.151 e. The molecule has 0 N–H and O–H groups in total. The summed E-state index contributed by atoms with van der Waals surface area (Å²) in [6.07, 6.45) is 0.983. The number of benzene rings is 2. The Labute approximate surface area is 120 Å². The highest BCUT2D eigenvalue weighted by Crippen LogP contribution is 2.45. The molecule has 102 valence electrons. The largest absolute Gasteiger partial charge is 0.481 e. The Hall–Kier alpha value is -1.80. The van der Waals surface area contributed by atoms with Crippen molar-refractivity contribution in [2.24, 2.45) is 0 Å². The average molecular weight is 265 g/mol. The van der Waals surface area contributed by atoms with Gasteiger partial charge < -0.3 is 4.74 Å². The first-order valence-corrected chi connectivity index (χ1v) is 7.38. The summed E-state index contributed by atoms with van der Waals surface area (Å²) in [5.74, 6) is 1.06. The van der Waals surface area contributed by atoms with Crippen LogP contribution in [0.2, 0.25) is 0 Å². The molecular formula is C18H19NO. The molecule has 2 aromatic carbocycles. The summed E-state index contributed by atoms with van der Waals surface area (Å²) in [6.45, 7) is 5.31. The summed E-state index contributed by atoms with van der Waals surface area (Å²) in [5.41, 5.74) is 3.93. The molecule has 2 heterocycles. The molecule has 2 aromatic rings. The Bertz CT molecular complexity index is 624. The van der Waals surface area contributed by atoms with Crippen molar-refractivity contribution in [2.45, 2.75) is 25.5 Å². The highest BCUT2D eigenvalue weighted by Gasteiger charge is 2.45. The first-order chi connectivity index (χ1) is 9.81. The molecule has 1 unspecified atom stereocenters. The summed E-state index contributed by atoms with van der Waals surface area (Å²) in [4.78, 5) is 2.48. The van der Waals surface area contributed by atoms with E-state index in [1.54, 1.807) is 0 Å². The molecule has 0 saturated heterocycles. The van der Waals surface area contributed by atoms with Gasteiger partial charge in [0.25, 0.3) is 0 Å². The van der Waals surface area contributed by atoms with Crippen LogP contribution in [-0.2, 0) is 18.6 Å². The lowest BCUT2D eigenvalue weighted by molar-refractivity contribution is 0.0278. The maximum atomic E-state index is 6.45. The van der Waals surface area contributed by atoms with Gasteiger partial charge in [0, 0.05) is 25.1 Å². The third-order valence-electron chi connectivity index (χ3n) is 4.58. The molecule has 1 spiro atoms. The average Bonchev–Trinajstić information content (AvgIpc) is 2.85. The Balaban J connectivity index is 1.83. The van der Waals surface area contributed by atoms with E-state index in [4.69, 9.17) is 4.74 Å². The predicted molar refractivity (Wildman–Crippen MR) is 79.8 cm³/mol. The van der Waals surface area contributed by atoms with Crippen molar-refractivity contribution < 1.29 is 4.74 Å². The molecule has 0 bridgehead atoms. The van der Waals surface area contributed by atoms with Crippen molar-refractivity contribution in [1.29, 1.82) is 0 Å². The fourth-order valence-corrected chi connectivity index (χ4v) is 3.61. The van der Waals surface area contributed by atoms with Gasteiger partial charge in [0.05, 0.1) is 0 Å². The van der Waals surface area contributed by atoms with Crippen molar-refractivity contribution in [3.05, 3.63) is 65.2 Å². The normalized spacial score (nSPS) is 24.2. The quantitative estimate of drug-likeness (QED) is 0.784. The molecule has 0 aromatic heterocycles. The second-order valence-electron chi connectivity index (χ2n) is 5.84. The predicted octanol–water partition coefficient (Wildman–Crippen LogP) is 3.35. The second-order valence-corrected chi connectivity index (χ2v) is 5.84. The lowest BCUT2D eigenvalue weighted by Crippen LogP contribution is -2.48. The van der Waals surface area contributed by atoms with Crippen molar-refractivity contribution >= 4 is 0 Å². The molecule has 2 nitrogen and oxygen atoms in total. The molecule has 0 radical (unpaired) electrons. The van der Waals surface area contributed by atoms with Gasteiger partial charge in [0.1, 0.15) is 5.75 Å². The fraction of sp³-hybridized carbons (Fsp3) is 0.333. The molecule has 0 aliphatic carbocycles. The molecule has 4 rings (SSSR count). The summed E-state index contributed by atoms with van der Waals surface area (Å²) >= 11 is 0. The summed E-state index contributed by atoms with van der Waals surface area (Å²) in [6, 6.07) is 17.2. The molecule has 20 heavy (non-hydrogen) atoms.